The van der Waals surface area contributed by atoms with E-state index >= 15 is 0 Å². The number of aromatic nitrogens is 3. The van der Waals surface area contributed by atoms with Crippen LogP contribution in [0.2, 0.25) is 0 Å². The van der Waals surface area contributed by atoms with Crippen molar-refractivity contribution in [2.24, 2.45) is 0 Å². The van der Waals surface area contributed by atoms with E-state index in [0.29, 0.717) is 10.7 Å². The van der Waals surface area contributed by atoms with Crippen LogP contribution in [0.5, 0.6) is 0 Å². The van der Waals surface area contributed by atoms with Gasteiger partial charge in [-0.2, -0.15) is 13.2 Å². The third kappa shape index (κ3) is 4.15. The Hall–Kier alpha value is -2.16. The van der Waals surface area contributed by atoms with Gasteiger partial charge in [-0.1, -0.05) is 12.1 Å². The molecule has 2 N–H and O–H groups in total. The Bertz CT molecular complexity index is 638. The molecule has 0 bridgehead atoms. The Morgan fingerprint density at radius 2 is 2.14 bits per heavy atom. The fourth-order valence-electron chi connectivity index (χ4n) is 1.63. The molecule has 0 saturated carbocycles. The van der Waals surface area contributed by atoms with E-state index in [0.717, 1.165) is 12.1 Å². The normalized spacial score (nSPS) is 11.2. The van der Waals surface area contributed by atoms with E-state index in [2.05, 4.69) is 20.7 Å². The molecule has 112 valence electrons. The molecule has 21 heavy (non-hydrogen) atoms. The SMILES string of the molecule is CNC(=S)Nc1ncn(Cc2cccc(C(F)(F)F)c2)n1. The second kappa shape index (κ2) is 6.08. The molecule has 0 unspecified atom stereocenters. The molecule has 9 heteroatoms. The van der Waals surface area contributed by atoms with Crippen molar-refractivity contribution < 1.29 is 13.2 Å². The lowest BCUT2D eigenvalue weighted by Gasteiger charge is -2.08. The Morgan fingerprint density at radius 3 is 2.81 bits per heavy atom. The van der Waals surface area contributed by atoms with Gasteiger partial charge in [-0.15, -0.1) is 5.10 Å². The van der Waals surface area contributed by atoms with E-state index in [1.54, 1.807) is 13.1 Å². The predicted octanol–water partition coefficient (Wildman–Crippen LogP) is 2.26. The highest BCUT2D eigenvalue weighted by atomic mass is 32.1. The van der Waals surface area contributed by atoms with Gasteiger partial charge < -0.3 is 5.32 Å². The van der Waals surface area contributed by atoms with Gasteiger partial charge in [0, 0.05) is 7.05 Å². The lowest BCUT2D eigenvalue weighted by Crippen LogP contribution is -2.24. The van der Waals surface area contributed by atoms with Gasteiger partial charge in [-0.3, -0.25) is 5.32 Å². The van der Waals surface area contributed by atoms with E-state index in [4.69, 9.17) is 12.2 Å². The van der Waals surface area contributed by atoms with E-state index in [9.17, 15) is 13.2 Å². The molecule has 1 aromatic heterocycles. The summed E-state index contributed by atoms with van der Waals surface area (Å²) in [5.74, 6) is 0.279. The van der Waals surface area contributed by atoms with Crippen molar-refractivity contribution in [3.63, 3.8) is 0 Å². The highest BCUT2D eigenvalue weighted by Gasteiger charge is 2.30. The Balaban J connectivity index is 2.10. The van der Waals surface area contributed by atoms with Crippen molar-refractivity contribution in [1.29, 1.82) is 0 Å². The number of halogens is 3. The molecular formula is C12H12F3N5S. The summed E-state index contributed by atoms with van der Waals surface area (Å²) in [7, 11) is 1.65. The molecule has 1 heterocycles. The molecule has 0 spiro atoms. The fourth-order valence-corrected chi connectivity index (χ4v) is 1.72. The van der Waals surface area contributed by atoms with Crippen molar-refractivity contribution >= 4 is 23.3 Å². The zero-order valence-corrected chi connectivity index (χ0v) is 11.8. The van der Waals surface area contributed by atoms with Gasteiger partial charge in [-0.05, 0) is 29.9 Å². The highest BCUT2D eigenvalue weighted by molar-refractivity contribution is 7.80. The number of nitrogens with zero attached hydrogens (tertiary/aromatic N) is 3. The lowest BCUT2D eigenvalue weighted by molar-refractivity contribution is -0.137. The average molecular weight is 315 g/mol. The van der Waals surface area contributed by atoms with Crippen molar-refractivity contribution in [2.75, 3.05) is 12.4 Å². The summed E-state index contributed by atoms with van der Waals surface area (Å²) in [5, 5.41) is 9.86. The first-order valence-electron chi connectivity index (χ1n) is 5.93. The molecule has 2 aromatic rings. The van der Waals surface area contributed by atoms with Crippen LogP contribution in [0.3, 0.4) is 0 Å². The van der Waals surface area contributed by atoms with Crippen LogP contribution in [0.4, 0.5) is 19.1 Å². The summed E-state index contributed by atoms with van der Waals surface area (Å²) in [6.45, 7) is 0.185. The third-order valence-corrected chi connectivity index (χ3v) is 2.89. The minimum absolute atomic E-state index is 0.185. The molecule has 2 rings (SSSR count). The number of hydrogen-bond acceptors (Lipinski definition) is 3. The smallest absolute Gasteiger partial charge is 0.365 e. The lowest BCUT2D eigenvalue weighted by atomic mass is 10.1. The summed E-state index contributed by atoms with van der Waals surface area (Å²) < 4.78 is 39.3. The summed E-state index contributed by atoms with van der Waals surface area (Å²) in [5.41, 5.74) is -0.202. The van der Waals surface area contributed by atoms with E-state index in [-0.39, 0.29) is 12.5 Å². The summed E-state index contributed by atoms with van der Waals surface area (Å²) in [4.78, 5) is 3.96. The van der Waals surface area contributed by atoms with Crippen LogP contribution < -0.4 is 10.6 Å². The number of thiocarbonyl (C=S) groups is 1. The van der Waals surface area contributed by atoms with Crippen LogP contribution in [-0.2, 0) is 12.7 Å². The first-order valence-corrected chi connectivity index (χ1v) is 6.33. The standard InChI is InChI=1S/C12H12F3N5S/c1-16-11(21)18-10-17-7-20(19-10)6-8-3-2-4-9(5-8)12(13,14)15/h2-5,7H,6H2,1H3,(H2,16,18,19,21). The van der Waals surface area contributed by atoms with Gasteiger partial charge in [0.25, 0.3) is 0 Å². The summed E-state index contributed by atoms with van der Waals surface area (Å²) >= 11 is 4.90. The van der Waals surface area contributed by atoms with Gasteiger partial charge in [0.15, 0.2) is 5.11 Å². The molecule has 0 aliphatic carbocycles. The van der Waals surface area contributed by atoms with Crippen LogP contribution in [0, 0.1) is 0 Å². The van der Waals surface area contributed by atoms with Crippen molar-refractivity contribution in [3.8, 4) is 0 Å². The largest absolute Gasteiger partial charge is 0.416 e. The predicted molar refractivity (Wildman–Crippen MR) is 75.8 cm³/mol. The number of benzene rings is 1. The minimum Gasteiger partial charge on any atom is -0.365 e. The van der Waals surface area contributed by atoms with Crippen LogP contribution >= 0.6 is 12.2 Å². The molecule has 1 aromatic carbocycles. The minimum atomic E-state index is -4.36. The average Bonchev–Trinajstić information content (AvgIpc) is 2.85. The topological polar surface area (TPSA) is 54.8 Å². The Labute approximate surface area is 124 Å². The molecule has 0 radical (unpaired) electrons. The van der Waals surface area contributed by atoms with E-state index < -0.39 is 11.7 Å². The van der Waals surface area contributed by atoms with Crippen LogP contribution in [0.25, 0.3) is 0 Å². The molecule has 0 fully saturated rings. The van der Waals surface area contributed by atoms with Gasteiger partial charge in [0.2, 0.25) is 5.95 Å². The third-order valence-electron chi connectivity index (χ3n) is 2.59. The number of alkyl halides is 3. The number of nitrogens with one attached hydrogen (secondary N) is 2. The maximum atomic E-state index is 12.6. The molecule has 0 atom stereocenters. The molecule has 0 amide bonds. The first kappa shape index (κ1) is 15.2. The maximum absolute atomic E-state index is 12.6. The first-order chi connectivity index (χ1) is 9.88. The molecule has 0 saturated heterocycles. The quantitative estimate of drug-likeness (QED) is 0.851. The second-order valence-corrected chi connectivity index (χ2v) is 4.58. The molecule has 0 aliphatic heterocycles. The van der Waals surface area contributed by atoms with E-state index in [1.807, 2.05) is 0 Å². The van der Waals surface area contributed by atoms with Crippen LogP contribution in [0.15, 0.2) is 30.6 Å². The van der Waals surface area contributed by atoms with E-state index in [1.165, 1.54) is 17.1 Å². The second-order valence-electron chi connectivity index (χ2n) is 4.17. The van der Waals surface area contributed by atoms with Crippen molar-refractivity contribution in [2.45, 2.75) is 12.7 Å². The fraction of sp³-hybridized carbons (Fsp3) is 0.250. The van der Waals surface area contributed by atoms with Gasteiger partial charge in [0.1, 0.15) is 6.33 Å². The van der Waals surface area contributed by atoms with Crippen molar-refractivity contribution in [3.05, 3.63) is 41.7 Å². The monoisotopic (exact) mass is 315 g/mol. The molecular weight excluding hydrogens is 303 g/mol. The number of anilines is 1. The van der Waals surface area contributed by atoms with Crippen LogP contribution in [-0.4, -0.2) is 26.9 Å². The molecule has 0 aliphatic rings. The van der Waals surface area contributed by atoms with Gasteiger partial charge in [0.05, 0.1) is 12.1 Å². The number of rotatable bonds is 3. The zero-order valence-electron chi connectivity index (χ0n) is 11.0. The highest BCUT2D eigenvalue weighted by Crippen LogP contribution is 2.29. The van der Waals surface area contributed by atoms with Gasteiger partial charge >= 0.3 is 6.18 Å². The number of hydrogen-bond donors (Lipinski definition) is 2. The van der Waals surface area contributed by atoms with Crippen molar-refractivity contribution in [1.82, 2.24) is 20.1 Å². The zero-order chi connectivity index (χ0) is 15.5. The van der Waals surface area contributed by atoms with Gasteiger partial charge in [-0.25, -0.2) is 9.67 Å². The Morgan fingerprint density at radius 1 is 1.38 bits per heavy atom. The summed E-state index contributed by atoms with van der Waals surface area (Å²) in [6, 6.07) is 5.09. The molecule has 5 nitrogen and oxygen atoms in total. The summed E-state index contributed by atoms with van der Waals surface area (Å²) in [6.07, 6.45) is -2.94. The van der Waals surface area contributed by atoms with Crippen LogP contribution in [0.1, 0.15) is 11.1 Å². The maximum Gasteiger partial charge on any atom is 0.416 e. The Kier molecular flexibility index (Phi) is 4.41.